The Kier molecular flexibility index (Phi) is 12.6. The second-order valence-electron chi connectivity index (χ2n) is 12.8. The van der Waals surface area contributed by atoms with E-state index in [0.29, 0.717) is 19.4 Å². The molecule has 0 aliphatic heterocycles. The number of hydrogen-bond acceptors (Lipinski definition) is 7. The number of aliphatic carboxylic acids is 1. The minimum atomic E-state index is -1.25. The van der Waals surface area contributed by atoms with Gasteiger partial charge in [-0.15, -0.1) is 0 Å². The normalized spacial score (nSPS) is 15.0. The Morgan fingerprint density at radius 3 is 1.97 bits per heavy atom. The quantitative estimate of drug-likeness (QED) is 0.278. The molecular weight excluding hydrogens is 472 g/mol. The molecular formula is C30H51O7-. The first-order valence-corrected chi connectivity index (χ1v) is 13.3. The minimum Gasteiger partial charge on any atom is -0.548 e. The molecule has 0 amide bonds. The van der Waals surface area contributed by atoms with Crippen molar-refractivity contribution >= 4 is 5.97 Å². The van der Waals surface area contributed by atoms with Gasteiger partial charge in [0.15, 0.2) is 0 Å². The first-order chi connectivity index (χ1) is 16.8. The van der Waals surface area contributed by atoms with Crippen LogP contribution < -0.4 is 9.84 Å². The van der Waals surface area contributed by atoms with Crippen LogP contribution in [0.2, 0.25) is 0 Å². The van der Waals surface area contributed by atoms with Crippen molar-refractivity contribution in [2.75, 3.05) is 19.8 Å². The summed E-state index contributed by atoms with van der Waals surface area (Å²) >= 11 is 0. The van der Waals surface area contributed by atoms with Gasteiger partial charge in [-0.1, -0.05) is 32.0 Å². The Morgan fingerprint density at radius 2 is 1.46 bits per heavy atom. The van der Waals surface area contributed by atoms with Gasteiger partial charge in [-0.25, -0.2) is 0 Å². The van der Waals surface area contributed by atoms with Crippen LogP contribution in [-0.4, -0.2) is 60.9 Å². The molecule has 0 aliphatic rings. The molecule has 0 spiro atoms. The van der Waals surface area contributed by atoms with E-state index < -0.39 is 29.9 Å². The molecule has 0 N–H and O–H groups in total. The predicted octanol–water partition coefficient (Wildman–Crippen LogP) is 5.19. The Bertz CT molecular complexity index is 794. The second-order valence-corrected chi connectivity index (χ2v) is 12.8. The van der Waals surface area contributed by atoms with Crippen molar-refractivity contribution < 1.29 is 33.6 Å². The van der Waals surface area contributed by atoms with E-state index in [0.717, 1.165) is 5.75 Å². The predicted molar refractivity (Wildman–Crippen MR) is 145 cm³/mol. The van der Waals surface area contributed by atoms with Crippen molar-refractivity contribution in [2.24, 2.45) is 5.41 Å². The van der Waals surface area contributed by atoms with Crippen LogP contribution in [-0.2, 0) is 23.7 Å². The lowest BCUT2D eigenvalue weighted by atomic mass is 9.73. The van der Waals surface area contributed by atoms with Crippen LogP contribution in [0.4, 0.5) is 0 Å². The van der Waals surface area contributed by atoms with Gasteiger partial charge < -0.3 is 33.6 Å². The molecule has 0 radical (unpaired) electrons. The average molecular weight is 524 g/mol. The van der Waals surface area contributed by atoms with Gasteiger partial charge in [0.25, 0.3) is 0 Å². The van der Waals surface area contributed by atoms with E-state index in [1.54, 1.807) is 0 Å². The van der Waals surface area contributed by atoms with Crippen LogP contribution in [0.5, 0.6) is 5.75 Å². The van der Waals surface area contributed by atoms with Crippen molar-refractivity contribution in [1.82, 2.24) is 0 Å². The molecule has 0 saturated heterocycles. The fourth-order valence-electron chi connectivity index (χ4n) is 4.46. The number of carboxylic acid groups (broad SMARTS) is 1. The van der Waals surface area contributed by atoms with E-state index in [1.165, 1.54) is 0 Å². The van der Waals surface area contributed by atoms with Gasteiger partial charge in [0, 0.05) is 6.42 Å². The zero-order chi connectivity index (χ0) is 28.5. The molecule has 0 bridgehead atoms. The van der Waals surface area contributed by atoms with Crippen molar-refractivity contribution in [3.8, 4) is 5.75 Å². The van der Waals surface area contributed by atoms with Gasteiger partial charge >= 0.3 is 0 Å². The molecule has 0 fully saturated rings. The highest BCUT2D eigenvalue weighted by molar-refractivity contribution is 5.65. The highest BCUT2D eigenvalue weighted by Crippen LogP contribution is 2.41. The monoisotopic (exact) mass is 523 g/mol. The minimum absolute atomic E-state index is 0.0466. The molecule has 7 heteroatoms. The highest BCUT2D eigenvalue weighted by Gasteiger charge is 2.43. The number of hydrogen-bond donors (Lipinski definition) is 0. The molecule has 2 unspecified atom stereocenters. The fourth-order valence-corrected chi connectivity index (χ4v) is 4.46. The molecule has 2 atom stereocenters. The maximum absolute atomic E-state index is 10.9. The Morgan fingerprint density at radius 1 is 0.865 bits per heavy atom. The third kappa shape index (κ3) is 13.6. The molecule has 0 heterocycles. The molecule has 214 valence electrons. The lowest BCUT2D eigenvalue weighted by molar-refractivity contribution is -0.310. The van der Waals surface area contributed by atoms with Gasteiger partial charge in [0.05, 0.1) is 54.3 Å². The van der Waals surface area contributed by atoms with Gasteiger partial charge in [-0.2, -0.15) is 0 Å². The Labute approximate surface area is 225 Å². The van der Waals surface area contributed by atoms with E-state index in [9.17, 15) is 9.90 Å². The number of rotatable bonds is 17. The fraction of sp³-hybridized carbons (Fsp3) is 0.767. The average Bonchev–Trinajstić information content (AvgIpc) is 2.69. The highest BCUT2D eigenvalue weighted by atomic mass is 16.6. The molecule has 0 saturated carbocycles. The third-order valence-electron chi connectivity index (χ3n) is 6.30. The summed E-state index contributed by atoms with van der Waals surface area (Å²) in [5.74, 6) is -0.449. The summed E-state index contributed by atoms with van der Waals surface area (Å²) in [7, 11) is 0. The molecule has 0 aromatic heterocycles. The number of carboxylic acids is 1. The van der Waals surface area contributed by atoms with E-state index in [1.807, 2.05) is 78.8 Å². The summed E-state index contributed by atoms with van der Waals surface area (Å²) < 4.78 is 30.6. The van der Waals surface area contributed by atoms with E-state index >= 15 is 0 Å². The molecule has 7 nitrogen and oxygen atoms in total. The summed E-state index contributed by atoms with van der Waals surface area (Å²) in [6.45, 7) is 22.6. The van der Waals surface area contributed by atoms with Crippen molar-refractivity contribution in [3.05, 3.63) is 30.3 Å². The number of benzene rings is 1. The lowest BCUT2D eigenvalue weighted by Gasteiger charge is -2.46. The zero-order valence-corrected chi connectivity index (χ0v) is 25.0. The summed E-state index contributed by atoms with van der Waals surface area (Å²) in [5.41, 5.74) is -1.78. The van der Waals surface area contributed by atoms with E-state index in [4.69, 9.17) is 23.7 Å². The second kappa shape index (κ2) is 13.9. The summed E-state index contributed by atoms with van der Waals surface area (Å²) in [5, 5.41) is 10.9. The van der Waals surface area contributed by atoms with Gasteiger partial charge in [-0.05, 0) is 86.3 Å². The lowest BCUT2D eigenvalue weighted by Crippen LogP contribution is -2.49. The topological polar surface area (TPSA) is 86.3 Å². The number of ether oxygens (including phenoxy) is 5. The first kappa shape index (κ1) is 33.4. The third-order valence-corrected chi connectivity index (χ3v) is 6.30. The first-order valence-electron chi connectivity index (χ1n) is 13.3. The van der Waals surface area contributed by atoms with Crippen LogP contribution in [0.25, 0.3) is 0 Å². The maximum Gasteiger partial charge on any atom is 0.119 e. The van der Waals surface area contributed by atoms with Crippen molar-refractivity contribution in [3.63, 3.8) is 0 Å². The maximum atomic E-state index is 10.9. The SMILES string of the molecule is CC(C)OC(COc1ccccc1)CC(C)(C)C(C)(C)OC(COCC(=O)[O-])CC(C)(C)OC(C)(C)C. The smallest absolute Gasteiger partial charge is 0.119 e. The van der Waals surface area contributed by atoms with Crippen LogP contribution in [0, 0.1) is 5.41 Å². The van der Waals surface area contributed by atoms with Gasteiger partial charge in [0.1, 0.15) is 12.4 Å². The van der Waals surface area contributed by atoms with Gasteiger partial charge in [-0.3, -0.25) is 0 Å². The summed E-state index contributed by atoms with van der Waals surface area (Å²) in [4.78, 5) is 10.9. The standard InChI is InChI=1S/C30H52O7/c1-22(2)35-24(20-34-23-15-13-12-14-16-23)17-28(6,7)30(10,11)36-25(19-33-21-26(31)32)18-29(8,9)37-27(3,4)5/h12-16,22,24-25H,17-21H2,1-11H3,(H,31,32)/p-1. The molecule has 0 aliphatic carbocycles. The summed E-state index contributed by atoms with van der Waals surface area (Å²) in [6.07, 6.45) is 0.729. The molecule has 1 rings (SSSR count). The molecule has 1 aromatic carbocycles. The van der Waals surface area contributed by atoms with E-state index in [2.05, 4.69) is 27.7 Å². The molecule has 37 heavy (non-hydrogen) atoms. The number of carbonyl (C=O) groups is 1. The van der Waals surface area contributed by atoms with Crippen molar-refractivity contribution in [1.29, 1.82) is 0 Å². The van der Waals surface area contributed by atoms with Crippen molar-refractivity contribution in [2.45, 2.75) is 124 Å². The van der Waals surface area contributed by atoms with Crippen LogP contribution in [0.3, 0.4) is 0 Å². The van der Waals surface area contributed by atoms with Crippen LogP contribution in [0.1, 0.15) is 89.0 Å². The number of carbonyl (C=O) groups excluding carboxylic acids is 1. The van der Waals surface area contributed by atoms with Crippen LogP contribution >= 0.6 is 0 Å². The number of para-hydroxylation sites is 1. The zero-order valence-electron chi connectivity index (χ0n) is 25.0. The molecule has 1 aromatic rings. The van der Waals surface area contributed by atoms with E-state index in [-0.39, 0.29) is 29.8 Å². The summed E-state index contributed by atoms with van der Waals surface area (Å²) in [6, 6.07) is 9.72. The van der Waals surface area contributed by atoms with Gasteiger partial charge in [0.2, 0.25) is 0 Å². The Hall–Kier alpha value is -1.67. The van der Waals surface area contributed by atoms with Crippen LogP contribution in [0.15, 0.2) is 30.3 Å². The largest absolute Gasteiger partial charge is 0.548 e. The Balaban J connectivity index is 3.02.